The molecule has 140 valence electrons. The molecule has 26 heavy (non-hydrogen) atoms. The molecule has 0 aromatic heterocycles. The van der Waals surface area contributed by atoms with Crippen molar-refractivity contribution < 1.29 is 9.53 Å². The monoisotopic (exact) mass is 353 g/mol. The maximum Gasteiger partial charge on any atom is 0.119 e. The Morgan fingerprint density at radius 1 is 1.31 bits per heavy atom. The number of hydrogen-bond donors (Lipinski definition) is 0. The minimum atomic E-state index is 0.251. The number of carbonyl (C=O) groups excluding carboxylic acids is 1. The summed E-state index contributed by atoms with van der Waals surface area (Å²) in [5.41, 5.74) is 3.33. The lowest BCUT2D eigenvalue weighted by atomic mass is 9.55. The third-order valence-corrected chi connectivity index (χ3v) is 7.99. The van der Waals surface area contributed by atoms with E-state index in [9.17, 15) is 4.79 Å². The first kappa shape index (κ1) is 16.8. The van der Waals surface area contributed by atoms with Crippen LogP contribution < -0.4 is 4.74 Å². The number of piperidine rings is 1. The van der Waals surface area contributed by atoms with Crippen molar-refractivity contribution in [3.63, 3.8) is 0 Å². The summed E-state index contributed by atoms with van der Waals surface area (Å²) in [7, 11) is 1.77. The standard InChI is InChI=1S/C23H31NO2/c1-15-21-11-17-7-8-18(26-2)12-19(17)23(15,9-3-4-10-25)20-13-22(20)24(21)14-16-5-6-16/h7-8,10,12,15-16,20-22H,3-6,9,11,13-14H2,1-2H3/t15-,20?,21+,22?,23+/m0/s1. The van der Waals surface area contributed by atoms with Gasteiger partial charge in [0.2, 0.25) is 0 Å². The van der Waals surface area contributed by atoms with Gasteiger partial charge in [-0.2, -0.15) is 0 Å². The van der Waals surface area contributed by atoms with Gasteiger partial charge >= 0.3 is 0 Å². The molecule has 1 saturated heterocycles. The van der Waals surface area contributed by atoms with E-state index in [-0.39, 0.29) is 5.41 Å². The van der Waals surface area contributed by atoms with Crippen LogP contribution in [0.25, 0.3) is 0 Å². The number of ether oxygens (including phenoxy) is 1. The summed E-state index contributed by atoms with van der Waals surface area (Å²) < 4.78 is 5.59. The molecule has 3 aliphatic carbocycles. The Balaban J connectivity index is 1.57. The number of hydrogen-bond acceptors (Lipinski definition) is 3. The van der Waals surface area contributed by atoms with Crippen LogP contribution in [0.3, 0.4) is 0 Å². The fourth-order valence-corrected chi connectivity index (χ4v) is 6.47. The molecular weight excluding hydrogens is 322 g/mol. The van der Waals surface area contributed by atoms with Crippen molar-refractivity contribution in [3.8, 4) is 5.75 Å². The molecule has 2 bridgehead atoms. The van der Waals surface area contributed by atoms with Gasteiger partial charge in [0.15, 0.2) is 0 Å². The minimum Gasteiger partial charge on any atom is -0.497 e. The molecular formula is C23H31NO2. The van der Waals surface area contributed by atoms with Crippen LogP contribution in [0.2, 0.25) is 0 Å². The van der Waals surface area contributed by atoms with E-state index >= 15 is 0 Å². The van der Waals surface area contributed by atoms with Gasteiger partial charge in [0.1, 0.15) is 12.0 Å². The number of carbonyl (C=O) groups is 1. The van der Waals surface area contributed by atoms with Crippen molar-refractivity contribution in [2.75, 3.05) is 13.7 Å². The molecule has 5 rings (SSSR count). The first-order chi connectivity index (χ1) is 12.7. The summed E-state index contributed by atoms with van der Waals surface area (Å²) in [5, 5.41) is 0. The van der Waals surface area contributed by atoms with Crippen LogP contribution in [-0.2, 0) is 16.6 Å². The number of likely N-dealkylation sites (tertiary alicyclic amines) is 1. The van der Waals surface area contributed by atoms with Gasteiger partial charge in [-0.3, -0.25) is 4.90 Å². The first-order valence-electron chi connectivity index (χ1n) is 10.6. The average Bonchev–Trinajstić information content (AvgIpc) is 3.55. The van der Waals surface area contributed by atoms with Crippen LogP contribution in [0.15, 0.2) is 18.2 Å². The topological polar surface area (TPSA) is 29.5 Å². The van der Waals surface area contributed by atoms with Gasteiger partial charge in [0, 0.05) is 30.5 Å². The lowest BCUT2D eigenvalue weighted by Crippen LogP contribution is -2.60. The van der Waals surface area contributed by atoms with Crippen LogP contribution in [0.5, 0.6) is 5.75 Å². The fraction of sp³-hybridized carbons (Fsp3) is 0.696. The average molecular weight is 354 g/mol. The normalized spacial score (nSPS) is 37.6. The van der Waals surface area contributed by atoms with Crippen LogP contribution >= 0.6 is 0 Å². The van der Waals surface area contributed by atoms with Crippen LogP contribution in [-0.4, -0.2) is 36.9 Å². The van der Waals surface area contributed by atoms with Crippen LogP contribution in [0.1, 0.15) is 56.6 Å². The SMILES string of the molecule is COc1ccc2c(c1)[C@]1(CCCC=O)C3CC3N(CC3CC3)[C@H](C2)[C@@H]1C. The summed E-state index contributed by atoms with van der Waals surface area (Å²) in [6.07, 6.45) is 9.38. The predicted molar refractivity (Wildman–Crippen MR) is 103 cm³/mol. The van der Waals surface area contributed by atoms with Crippen molar-refractivity contribution in [3.05, 3.63) is 29.3 Å². The smallest absolute Gasteiger partial charge is 0.119 e. The lowest BCUT2D eigenvalue weighted by molar-refractivity contribution is -0.108. The minimum absolute atomic E-state index is 0.251. The first-order valence-corrected chi connectivity index (χ1v) is 10.6. The molecule has 2 saturated carbocycles. The predicted octanol–water partition coefficient (Wildman–Crippen LogP) is 3.98. The number of aldehydes is 1. The van der Waals surface area contributed by atoms with Gasteiger partial charge in [-0.25, -0.2) is 0 Å². The van der Waals surface area contributed by atoms with Gasteiger partial charge in [0.05, 0.1) is 7.11 Å². The molecule has 0 radical (unpaired) electrons. The molecule has 1 aromatic rings. The highest BCUT2D eigenvalue weighted by Crippen LogP contribution is 2.65. The Bertz CT molecular complexity index is 712. The van der Waals surface area contributed by atoms with E-state index in [4.69, 9.17) is 4.74 Å². The quantitative estimate of drug-likeness (QED) is 0.549. The number of nitrogens with zero attached hydrogens (tertiary/aromatic N) is 1. The molecule has 0 N–H and O–H groups in total. The van der Waals surface area contributed by atoms with Gasteiger partial charge in [0.25, 0.3) is 0 Å². The summed E-state index contributed by atoms with van der Waals surface area (Å²) in [4.78, 5) is 13.9. The zero-order valence-electron chi connectivity index (χ0n) is 16.1. The van der Waals surface area contributed by atoms with E-state index in [0.29, 0.717) is 18.4 Å². The Morgan fingerprint density at radius 3 is 2.88 bits per heavy atom. The Labute approximate surface area is 157 Å². The molecule has 4 aliphatic rings. The number of unbranched alkanes of at least 4 members (excludes halogenated alkanes) is 1. The maximum absolute atomic E-state index is 11.0. The summed E-state index contributed by atoms with van der Waals surface area (Å²) in [6.45, 7) is 3.83. The molecule has 5 atom stereocenters. The molecule has 2 unspecified atom stereocenters. The molecule has 0 spiro atoms. The molecule has 1 heterocycles. The summed E-state index contributed by atoms with van der Waals surface area (Å²) in [6, 6.07) is 8.25. The molecule has 3 heteroatoms. The second kappa shape index (κ2) is 6.09. The van der Waals surface area contributed by atoms with Crippen molar-refractivity contribution in [2.45, 2.75) is 69.4 Å². The molecule has 0 amide bonds. The third kappa shape index (κ3) is 2.39. The highest BCUT2D eigenvalue weighted by atomic mass is 16.5. The highest BCUT2D eigenvalue weighted by Gasteiger charge is 2.66. The molecule has 3 nitrogen and oxygen atoms in total. The van der Waals surface area contributed by atoms with Gasteiger partial charge in [-0.1, -0.05) is 13.0 Å². The van der Waals surface area contributed by atoms with E-state index in [0.717, 1.165) is 42.8 Å². The number of fused-ring (bicyclic) bond motifs is 6. The van der Waals surface area contributed by atoms with Gasteiger partial charge in [-0.05, 0) is 79.5 Å². The summed E-state index contributed by atoms with van der Waals surface area (Å²) in [5.74, 6) is 3.38. The fourth-order valence-electron chi connectivity index (χ4n) is 6.47. The Hall–Kier alpha value is -1.35. The van der Waals surface area contributed by atoms with E-state index in [1.165, 1.54) is 37.8 Å². The second-order valence-corrected chi connectivity index (χ2v) is 9.23. The zero-order chi connectivity index (χ0) is 17.9. The van der Waals surface area contributed by atoms with Crippen molar-refractivity contribution in [1.82, 2.24) is 4.90 Å². The van der Waals surface area contributed by atoms with Gasteiger partial charge < -0.3 is 9.53 Å². The molecule has 3 fully saturated rings. The zero-order valence-corrected chi connectivity index (χ0v) is 16.1. The number of methoxy groups -OCH3 is 1. The highest BCUT2D eigenvalue weighted by molar-refractivity contribution is 5.50. The van der Waals surface area contributed by atoms with Crippen LogP contribution in [0, 0.1) is 17.8 Å². The van der Waals surface area contributed by atoms with Crippen LogP contribution in [0.4, 0.5) is 0 Å². The van der Waals surface area contributed by atoms with Crippen molar-refractivity contribution in [1.29, 1.82) is 0 Å². The largest absolute Gasteiger partial charge is 0.497 e. The van der Waals surface area contributed by atoms with Gasteiger partial charge in [-0.15, -0.1) is 0 Å². The van der Waals surface area contributed by atoms with Crippen molar-refractivity contribution >= 4 is 6.29 Å². The third-order valence-electron chi connectivity index (χ3n) is 7.99. The van der Waals surface area contributed by atoms with E-state index in [1.807, 2.05) is 0 Å². The van der Waals surface area contributed by atoms with E-state index < -0.39 is 0 Å². The second-order valence-electron chi connectivity index (χ2n) is 9.23. The molecule has 1 aliphatic heterocycles. The Morgan fingerprint density at radius 2 is 2.15 bits per heavy atom. The lowest BCUT2D eigenvalue weighted by Gasteiger charge is -2.56. The number of benzene rings is 1. The van der Waals surface area contributed by atoms with E-state index in [1.54, 1.807) is 12.7 Å². The number of rotatable bonds is 7. The van der Waals surface area contributed by atoms with Crippen molar-refractivity contribution in [2.24, 2.45) is 17.8 Å². The Kier molecular flexibility index (Phi) is 3.93. The maximum atomic E-state index is 11.0. The van der Waals surface area contributed by atoms with E-state index in [2.05, 4.69) is 30.0 Å². The summed E-state index contributed by atoms with van der Waals surface area (Å²) >= 11 is 0. The molecule has 1 aromatic carbocycles.